The van der Waals surface area contributed by atoms with Crippen LogP contribution >= 0.6 is 0 Å². The van der Waals surface area contributed by atoms with Gasteiger partial charge in [-0.2, -0.15) is 0 Å². The minimum absolute atomic E-state index is 0.0601. The summed E-state index contributed by atoms with van der Waals surface area (Å²) >= 11 is 0. The molecular formula is C31H41N5O5. The van der Waals surface area contributed by atoms with Crippen molar-refractivity contribution in [3.8, 4) is 0 Å². The Labute approximate surface area is 240 Å². The van der Waals surface area contributed by atoms with Crippen molar-refractivity contribution < 1.29 is 19.5 Å². The van der Waals surface area contributed by atoms with Gasteiger partial charge in [-0.05, 0) is 68.9 Å². The number of carbonyl (C=O) groups excluding carboxylic acids is 1. The normalized spacial score (nSPS) is 30.1. The highest BCUT2D eigenvalue weighted by atomic mass is 16.6. The van der Waals surface area contributed by atoms with E-state index in [2.05, 4.69) is 15.0 Å². The van der Waals surface area contributed by atoms with Crippen molar-refractivity contribution in [1.82, 2.24) is 19.4 Å². The predicted octanol–water partition coefficient (Wildman–Crippen LogP) is 3.82. The standard InChI is InChI=1S/C31H41N5O5/c1-34(2)27(37)18-41-33-29(31(39)40)28-30(38)36(26-12-4-3-11-25(26)32-28)24-16-21-9-6-10-22(17-24)35(21)23-14-19-7-5-8-20(13-19)15-23/h3-4,11-12,19-24H,5-10,13-18H2,1-2H3,(H,39,40)/t19?,20?,21-,22+,23?,24+. The van der Waals surface area contributed by atoms with Gasteiger partial charge in [-0.1, -0.05) is 43.0 Å². The van der Waals surface area contributed by atoms with Crippen molar-refractivity contribution in [2.75, 3.05) is 20.7 Å². The molecule has 5 atom stereocenters. The fourth-order valence-electron chi connectivity index (χ4n) is 8.27. The van der Waals surface area contributed by atoms with Crippen molar-refractivity contribution in [2.45, 2.75) is 94.8 Å². The molecule has 2 aromatic rings. The Morgan fingerprint density at radius 2 is 1.61 bits per heavy atom. The second-order valence-electron chi connectivity index (χ2n) is 12.8. The monoisotopic (exact) mass is 563 g/mol. The van der Waals surface area contributed by atoms with Crippen LogP contribution in [0.5, 0.6) is 0 Å². The summed E-state index contributed by atoms with van der Waals surface area (Å²) in [5, 5.41) is 13.7. The van der Waals surface area contributed by atoms with Crippen LogP contribution in [-0.2, 0) is 14.4 Å². The first kappa shape index (κ1) is 27.9. The van der Waals surface area contributed by atoms with Crippen molar-refractivity contribution in [1.29, 1.82) is 0 Å². The Morgan fingerprint density at radius 1 is 0.951 bits per heavy atom. The number of amides is 1. The number of carboxylic acid groups (broad SMARTS) is 1. The Bertz CT molecular complexity index is 1380. The van der Waals surface area contributed by atoms with Crippen molar-refractivity contribution in [3.63, 3.8) is 0 Å². The molecule has 10 nitrogen and oxygen atoms in total. The maximum atomic E-state index is 14.1. The maximum absolute atomic E-state index is 14.1. The number of fused-ring (bicyclic) bond motifs is 5. The molecule has 1 aromatic carbocycles. The zero-order valence-corrected chi connectivity index (χ0v) is 24.1. The van der Waals surface area contributed by atoms with Crippen LogP contribution in [0.4, 0.5) is 0 Å². The molecule has 41 heavy (non-hydrogen) atoms. The lowest BCUT2D eigenvalue weighted by Gasteiger charge is -2.55. The highest BCUT2D eigenvalue weighted by molar-refractivity contribution is 6.41. The van der Waals surface area contributed by atoms with Crippen LogP contribution in [-0.4, -0.2) is 80.9 Å². The molecule has 4 aliphatic rings. The van der Waals surface area contributed by atoms with E-state index in [1.54, 1.807) is 24.7 Å². The van der Waals surface area contributed by atoms with Gasteiger partial charge in [0, 0.05) is 38.3 Å². The van der Waals surface area contributed by atoms with Gasteiger partial charge in [0.1, 0.15) is 0 Å². The van der Waals surface area contributed by atoms with Crippen LogP contribution in [0.15, 0.2) is 34.2 Å². The molecule has 1 N–H and O–H groups in total. The summed E-state index contributed by atoms with van der Waals surface area (Å²) in [5.41, 5.74) is -0.0868. The number of aliphatic carboxylic acids is 1. The van der Waals surface area contributed by atoms with Crippen LogP contribution in [0.1, 0.15) is 82.4 Å². The molecular weight excluding hydrogens is 522 g/mol. The fraction of sp³-hybridized carbons (Fsp3) is 0.645. The fourth-order valence-corrected chi connectivity index (χ4v) is 8.27. The average Bonchev–Trinajstić information content (AvgIpc) is 2.94. The first-order valence-electron chi connectivity index (χ1n) is 15.2. The van der Waals surface area contributed by atoms with Crippen LogP contribution in [0.2, 0.25) is 0 Å². The van der Waals surface area contributed by atoms with Crippen LogP contribution in [0.25, 0.3) is 11.0 Å². The van der Waals surface area contributed by atoms with Crippen molar-refractivity contribution in [2.24, 2.45) is 17.0 Å². The van der Waals surface area contributed by atoms with E-state index >= 15 is 0 Å². The van der Waals surface area contributed by atoms with Crippen LogP contribution < -0.4 is 5.56 Å². The number of oxime groups is 1. The number of hydrogen-bond acceptors (Lipinski definition) is 7. The molecule has 0 spiro atoms. The Hall–Kier alpha value is -3.27. The molecule has 1 aromatic heterocycles. The van der Waals surface area contributed by atoms with Gasteiger partial charge in [-0.3, -0.25) is 14.5 Å². The molecule has 2 aliphatic carbocycles. The molecule has 3 heterocycles. The Kier molecular flexibility index (Phi) is 7.85. The van der Waals surface area contributed by atoms with Gasteiger partial charge in [0.25, 0.3) is 11.5 Å². The van der Waals surface area contributed by atoms with E-state index in [-0.39, 0.29) is 17.6 Å². The van der Waals surface area contributed by atoms with E-state index in [0.717, 1.165) is 37.5 Å². The lowest BCUT2D eigenvalue weighted by atomic mass is 9.68. The first-order valence-corrected chi connectivity index (χ1v) is 15.2. The molecule has 10 heteroatoms. The lowest BCUT2D eigenvalue weighted by Crippen LogP contribution is -2.58. The number of nitrogens with zero attached hydrogens (tertiary/aromatic N) is 5. The molecule has 2 saturated heterocycles. The van der Waals surface area contributed by atoms with E-state index in [1.165, 1.54) is 49.8 Å². The summed E-state index contributed by atoms with van der Waals surface area (Å²) in [4.78, 5) is 51.9. The Balaban J connectivity index is 1.33. The summed E-state index contributed by atoms with van der Waals surface area (Å²) in [6, 6.07) is 8.83. The molecule has 4 fully saturated rings. The highest BCUT2D eigenvalue weighted by Gasteiger charge is 2.45. The highest BCUT2D eigenvalue weighted by Crippen LogP contribution is 2.47. The van der Waals surface area contributed by atoms with Gasteiger partial charge in [0.05, 0.1) is 11.0 Å². The van der Waals surface area contributed by atoms with Crippen molar-refractivity contribution in [3.05, 3.63) is 40.3 Å². The van der Waals surface area contributed by atoms with Crippen LogP contribution in [0.3, 0.4) is 0 Å². The van der Waals surface area contributed by atoms with E-state index in [1.807, 2.05) is 18.2 Å². The number of hydrogen-bond donors (Lipinski definition) is 1. The quantitative estimate of drug-likeness (QED) is 0.402. The molecule has 2 aliphatic heterocycles. The number of para-hydroxylation sites is 2. The maximum Gasteiger partial charge on any atom is 0.360 e. The number of benzene rings is 1. The van der Waals surface area contributed by atoms with E-state index in [4.69, 9.17) is 4.84 Å². The van der Waals surface area contributed by atoms with E-state index < -0.39 is 23.8 Å². The number of aromatic nitrogens is 2. The SMILES string of the molecule is CN(C)C(=O)CON=C(C(=O)O)c1nc2ccccc2n([C@H]2C[C@H]3CCC[C@@H](C2)N3C2CC3CCCC(C3)C2)c1=O. The number of rotatable bonds is 7. The first-order chi connectivity index (χ1) is 19.8. The summed E-state index contributed by atoms with van der Waals surface area (Å²) in [6.07, 6.45) is 13.4. The van der Waals surface area contributed by atoms with Gasteiger partial charge in [0.2, 0.25) is 5.71 Å². The third-order valence-corrected chi connectivity index (χ3v) is 9.96. The molecule has 0 radical (unpaired) electrons. The molecule has 6 rings (SSSR count). The van der Waals surface area contributed by atoms with Gasteiger partial charge in [0.15, 0.2) is 12.3 Å². The zero-order chi connectivity index (χ0) is 28.7. The smallest absolute Gasteiger partial charge is 0.360 e. The lowest BCUT2D eigenvalue weighted by molar-refractivity contribution is -0.134. The molecule has 2 saturated carbocycles. The number of likely N-dealkylation sites (N-methyl/N-ethyl adjacent to an activating group) is 1. The molecule has 220 valence electrons. The molecule has 1 amide bonds. The third kappa shape index (κ3) is 5.50. The van der Waals surface area contributed by atoms with Gasteiger partial charge < -0.3 is 19.4 Å². The largest absolute Gasteiger partial charge is 0.476 e. The predicted molar refractivity (Wildman–Crippen MR) is 155 cm³/mol. The zero-order valence-electron chi connectivity index (χ0n) is 24.1. The topological polar surface area (TPSA) is 117 Å². The van der Waals surface area contributed by atoms with Crippen molar-refractivity contribution >= 4 is 28.6 Å². The molecule has 4 bridgehead atoms. The van der Waals surface area contributed by atoms with Gasteiger partial charge in [-0.15, -0.1) is 0 Å². The number of carbonyl (C=O) groups is 2. The second kappa shape index (κ2) is 11.5. The van der Waals surface area contributed by atoms with E-state index in [9.17, 15) is 19.5 Å². The number of piperidine rings is 2. The summed E-state index contributed by atoms with van der Waals surface area (Å²) in [5.74, 6) is -0.0704. The Morgan fingerprint density at radius 3 is 2.27 bits per heavy atom. The number of carboxylic acids is 1. The summed E-state index contributed by atoms with van der Waals surface area (Å²) in [7, 11) is 3.13. The van der Waals surface area contributed by atoms with Crippen LogP contribution in [0, 0.1) is 11.8 Å². The third-order valence-electron chi connectivity index (χ3n) is 9.96. The van der Waals surface area contributed by atoms with Gasteiger partial charge >= 0.3 is 5.97 Å². The minimum atomic E-state index is -1.43. The second-order valence-corrected chi connectivity index (χ2v) is 12.8. The minimum Gasteiger partial charge on any atom is -0.476 e. The molecule has 2 unspecified atom stereocenters. The average molecular weight is 564 g/mol. The van der Waals surface area contributed by atoms with Gasteiger partial charge in [-0.25, -0.2) is 9.78 Å². The van der Waals surface area contributed by atoms with E-state index in [0.29, 0.717) is 29.2 Å². The summed E-state index contributed by atoms with van der Waals surface area (Å²) in [6.45, 7) is -0.434. The summed E-state index contributed by atoms with van der Waals surface area (Å²) < 4.78 is 1.78.